The van der Waals surface area contributed by atoms with Gasteiger partial charge in [-0.3, -0.25) is 0 Å². The molecule has 8 nitrogen and oxygen atoms in total. The Balaban J connectivity index is 0.00000185. The molecule has 2 aromatic heterocycles. The second-order valence-corrected chi connectivity index (χ2v) is 10.5. The van der Waals surface area contributed by atoms with Gasteiger partial charge in [-0.2, -0.15) is 0 Å². The number of β-amino-alcohol motifs (C(OH)–C–C–N with tert-alkyl or cyclic N) is 1. The minimum atomic E-state index is -0.585. The van der Waals surface area contributed by atoms with Gasteiger partial charge in [0.05, 0.1) is 5.39 Å². The van der Waals surface area contributed by atoms with E-state index in [2.05, 4.69) is 57.6 Å². The zero-order valence-electron chi connectivity index (χ0n) is 22.7. The summed E-state index contributed by atoms with van der Waals surface area (Å²) < 4.78 is 17.7. The molecule has 1 aliphatic heterocycles. The number of piperidine rings is 1. The molecule has 3 aromatic carbocycles. The van der Waals surface area contributed by atoms with Gasteiger partial charge in [0.2, 0.25) is 5.89 Å². The van der Waals surface area contributed by atoms with Crippen molar-refractivity contribution in [3.63, 3.8) is 0 Å². The Bertz CT molecular complexity index is 1540. The third-order valence-electron chi connectivity index (χ3n) is 7.40. The van der Waals surface area contributed by atoms with Crippen molar-refractivity contribution in [1.29, 1.82) is 0 Å². The van der Waals surface area contributed by atoms with Gasteiger partial charge in [0, 0.05) is 18.5 Å². The van der Waals surface area contributed by atoms with Gasteiger partial charge in [-0.15, -0.1) is 22.6 Å². The molecule has 1 saturated heterocycles. The Hall–Kier alpha value is -3.43. The summed E-state index contributed by atoms with van der Waals surface area (Å²) in [7, 11) is 0. The molecule has 0 unspecified atom stereocenters. The third-order valence-corrected chi connectivity index (χ3v) is 7.40. The highest BCUT2D eigenvalue weighted by molar-refractivity contribution is 5.87. The molecule has 40 heavy (non-hydrogen) atoms. The number of aliphatic hydroxyl groups is 1. The number of furan rings is 1. The van der Waals surface area contributed by atoms with Crippen LogP contribution in [0.2, 0.25) is 0 Å². The summed E-state index contributed by atoms with van der Waals surface area (Å²) in [5, 5.41) is 22.4. The number of nitrogens with zero attached hydrogens (tertiary/aromatic N) is 3. The summed E-state index contributed by atoms with van der Waals surface area (Å²) in [5.74, 6) is 2.79. The van der Waals surface area contributed by atoms with E-state index in [0.717, 1.165) is 31.3 Å². The maximum atomic E-state index is 10.8. The predicted molar refractivity (Wildman–Crippen MR) is 158 cm³/mol. The van der Waals surface area contributed by atoms with Crippen molar-refractivity contribution in [1.82, 2.24) is 15.1 Å². The van der Waals surface area contributed by atoms with Crippen LogP contribution >= 0.6 is 12.4 Å². The van der Waals surface area contributed by atoms with E-state index < -0.39 is 6.10 Å². The van der Waals surface area contributed by atoms with Crippen LogP contribution in [0.3, 0.4) is 0 Å². The zero-order valence-corrected chi connectivity index (χ0v) is 23.6. The van der Waals surface area contributed by atoms with Crippen LogP contribution in [0.4, 0.5) is 0 Å². The van der Waals surface area contributed by atoms with Gasteiger partial charge in [0.15, 0.2) is 5.76 Å². The van der Waals surface area contributed by atoms with Crippen LogP contribution in [0.25, 0.3) is 33.4 Å². The van der Waals surface area contributed by atoms with E-state index in [4.69, 9.17) is 13.6 Å². The number of benzene rings is 3. The summed E-state index contributed by atoms with van der Waals surface area (Å²) in [6.07, 6.45) is 1.60. The Morgan fingerprint density at radius 3 is 2.48 bits per heavy atom. The Labute approximate surface area is 239 Å². The average molecular weight is 566 g/mol. The fourth-order valence-electron chi connectivity index (χ4n) is 5.28. The zero-order chi connectivity index (χ0) is 26.1. The number of rotatable bonds is 8. The largest absolute Gasteiger partial charge is 0.490 e. The van der Waals surface area contributed by atoms with Crippen molar-refractivity contribution in [3.05, 3.63) is 78.2 Å². The lowest BCUT2D eigenvalue weighted by atomic mass is 9.88. The van der Waals surface area contributed by atoms with Gasteiger partial charge in [0.1, 0.15) is 24.0 Å². The first kappa shape index (κ1) is 29.6. The minimum absolute atomic E-state index is 0. The first-order valence-corrected chi connectivity index (χ1v) is 13.4. The number of hydrogen-bond donors (Lipinski definition) is 1. The number of likely N-dealkylation sites (tertiary alicyclic amines) is 1. The van der Waals surface area contributed by atoms with Gasteiger partial charge < -0.3 is 29.1 Å². The summed E-state index contributed by atoms with van der Waals surface area (Å²) >= 11 is 0. The molecule has 6 rings (SSSR count). The standard InChI is InChI=1S/C31H33N3O4.ClH.H2O/c1-20(2)30-32-33-31(38-30)29-17-26-27(8-5-9-28(26)37-29)36-19-25(35)18-34-14-12-22(13-15-34)24-11-10-21-6-3-4-7-23(21)16-24;;/h3-11,16-17,20,22,25,35H,12-15,18-19H2,1-2H3;1H;1H2/t25-;;/m0../s1. The van der Waals surface area contributed by atoms with E-state index in [0.29, 0.717) is 41.3 Å². The van der Waals surface area contributed by atoms with E-state index in [1.165, 1.54) is 16.3 Å². The molecule has 0 radical (unpaired) electrons. The maximum absolute atomic E-state index is 10.8. The number of aliphatic hydroxyl groups excluding tert-OH is 1. The monoisotopic (exact) mass is 565 g/mol. The number of hydrogen-bond acceptors (Lipinski definition) is 7. The molecule has 1 aliphatic rings. The van der Waals surface area contributed by atoms with E-state index in [9.17, 15) is 5.11 Å². The van der Waals surface area contributed by atoms with Crippen LogP contribution < -0.4 is 4.74 Å². The van der Waals surface area contributed by atoms with Crippen LogP contribution in [0, 0.1) is 0 Å². The summed E-state index contributed by atoms with van der Waals surface area (Å²) in [5.41, 5.74) is 2.09. The van der Waals surface area contributed by atoms with Crippen LogP contribution in [-0.2, 0) is 0 Å². The predicted octanol–water partition coefficient (Wildman–Crippen LogP) is 5.98. The SMILES string of the molecule is CC(C)c1nnc(-c2cc3c(OC[C@@H](O)CN4CCC(c5ccc6ccccc6c5)CC4)cccc3o2)o1.Cl.O. The molecule has 0 amide bonds. The average Bonchev–Trinajstić information content (AvgIpc) is 3.60. The fourth-order valence-corrected chi connectivity index (χ4v) is 5.28. The molecule has 9 heteroatoms. The second kappa shape index (κ2) is 12.8. The lowest BCUT2D eigenvalue weighted by molar-refractivity contribution is 0.0599. The van der Waals surface area contributed by atoms with Crippen molar-refractivity contribution in [2.24, 2.45) is 0 Å². The molecule has 1 atom stereocenters. The van der Waals surface area contributed by atoms with Gasteiger partial charge in [-0.25, -0.2) is 0 Å². The molecule has 0 saturated carbocycles. The molecule has 5 aromatic rings. The summed E-state index contributed by atoms with van der Waals surface area (Å²) in [6.45, 7) is 6.75. The van der Waals surface area contributed by atoms with Crippen LogP contribution in [-0.4, -0.2) is 58.0 Å². The Kier molecular flexibility index (Phi) is 9.48. The number of aromatic nitrogens is 2. The van der Waals surface area contributed by atoms with Gasteiger partial charge in [-0.05, 0) is 60.3 Å². The van der Waals surface area contributed by atoms with E-state index in [-0.39, 0.29) is 30.4 Å². The summed E-state index contributed by atoms with van der Waals surface area (Å²) in [6, 6.07) is 22.9. The van der Waals surface area contributed by atoms with Crippen molar-refractivity contribution in [2.45, 2.75) is 44.6 Å². The maximum Gasteiger partial charge on any atom is 0.283 e. The number of ether oxygens (including phenoxy) is 1. The van der Waals surface area contributed by atoms with Gasteiger partial charge in [0.25, 0.3) is 5.89 Å². The molecule has 1 fully saturated rings. The lowest BCUT2D eigenvalue weighted by Gasteiger charge is -2.33. The highest BCUT2D eigenvalue weighted by Gasteiger charge is 2.23. The number of fused-ring (bicyclic) bond motifs is 2. The van der Waals surface area contributed by atoms with Crippen molar-refractivity contribution in [2.75, 3.05) is 26.2 Å². The van der Waals surface area contributed by atoms with E-state index >= 15 is 0 Å². The quantitative estimate of drug-likeness (QED) is 0.246. The minimum Gasteiger partial charge on any atom is -0.490 e. The Morgan fingerprint density at radius 2 is 1.73 bits per heavy atom. The van der Waals surface area contributed by atoms with Crippen molar-refractivity contribution >= 4 is 34.1 Å². The van der Waals surface area contributed by atoms with E-state index in [1.807, 2.05) is 38.1 Å². The van der Waals surface area contributed by atoms with Crippen molar-refractivity contribution in [3.8, 4) is 17.4 Å². The highest BCUT2D eigenvalue weighted by Crippen LogP contribution is 2.34. The number of halogens is 1. The molecular weight excluding hydrogens is 530 g/mol. The lowest BCUT2D eigenvalue weighted by Crippen LogP contribution is -2.40. The first-order chi connectivity index (χ1) is 18.5. The molecule has 0 aliphatic carbocycles. The van der Waals surface area contributed by atoms with Crippen LogP contribution in [0.15, 0.2) is 75.6 Å². The molecule has 0 spiro atoms. The second-order valence-electron chi connectivity index (χ2n) is 10.5. The molecule has 212 valence electrons. The van der Waals surface area contributed by atoms with Gasteiger partial charge in [-0.1, -0.05) is 62.4 Å². The third kappa shape index (κ3) is 6.31. The van der Waals surface area contributed by atoms with Gasteiger partial charge >= 0.3 is 0 Å². The highest BCUT2D eigenvalue weighted by atomic mass is 35.5. The Morgan fingerprint density at radius 1 is 0.950 bits per heavy atom. The summed E-state index contributed by atoms with van der Waals surface area (Å²) in [4.78, 5) is 2.34. The normalized spacial score (nSPS) is 15.2. The first-order valence-electron chi connectivity index (χ1n) is 13.4. The molecule has 3 heterocycles. The molecule has 0 bridgehead atoms. The van der Waals surface area contributed by atoms with Crippen molar-refractivity contribution < 1.29 is 24.2 Å². The molecular formula is C31H36ClN3O5. The molecule has 3 N–H and O–H groups in total. The van der Waals surface area contributed by atoms with Crippen LogP contribution in [0.1, 0.15) is 50.0 Å². The van der Waals surface area contributed by atoms with Crippen LogP contribution in [0.5, 0.6) is 5.75 Å². The topological polar surface area (TPSA) is 116 Å². The van der Waals surface area contributed by atoms with E-state index in [1.54, 1.807) is 0 Å². The smallest absolute Gasteiger partial charge is 0.283 e. The fraction of sp³-hybridized carbons (Fsp3) is 0.355.